The number of hydrogen-bond acceptors (Lipinski definition) is 5. The lowest BCUT2D eigenvalue weighted by Gasteiger charge is -2.19. The Morgan fingerprint density at radius 3 is 2.74 bits per heavy atom. The molecule has 0 saturated carbocycles. The second kappa shape index (κ2) is 8.80. The first-order chi connectivity index (χ1) is 13.1. The van der Waals surface area contributed by atoms with E-state index < -0.39 is 0 Å². The van der Waals surface area contributed by atoms with E-state index in [2.05, 4.69) is 0 Å². The van der Waals surface area contributed by atoms with Crippen molar-refractivity contribution in [1.82, 2.24) is 4.98 Å². The van der Waals surface area contributed by atoms with Gasteiger partial charge in [0.1, 0.15) is 12.0 Å². The molecule has 1 aromatic heterocycles. The van der Waals surface area contributed by atoms with E-state index in [1.54, 1.807) is 19.1 Å². The van der Waals surface area contributed by atoms with Crippen LogP contribution in [-0.4, -0.2) is 30.5 Å². The van der Waals surface area contributed by atoms with Crippen LogP contribution in [-0.2, 0) is 11.2 Å². The highest BCUT2D eigenvalue weighted by Crippen LogP contribution is 2.31. The van der Waals surface area contributed by atoms with Crippen LogP contribution in [0.25, 0.3) is 0 Å². The fraction of sp³-hybridized carbons (Fsp3) is 0.409. The molecule has 0 radical (unpaired) electrons. The minimum Gasteiger partial charge on any atom is -0.493 e. The lowest BCUT2D eigenvalue weighted by Crippen LogP contribution is -2.16. The molecule has 5 heteroatoms. The number of rotatable bonds is 6. The standard InChI is InChI=1S/C22H25NO4/c1-3-26-22(25)20-12-17-6-4-5-7-18(21(17)23-15(20)2)14-27-19-10-8-16(13-24)9-11-19/h8-13,18H,3-7,14H2,1-2H3. The minimum absolute atomic E-state index is 0.184. The first-order valence-electron chi connectivity index (χ1n) is 9.48. The van der Waals surface area contributed by atoms with Crippen molar-refractivity contribution in [2.24, 2.45) is 0 Å². The van der Waals surface area contributed by atoms with E-state index in [1.165, 1.54) is 0 Å². The predicted molar refractivity (Wildman–Crippen MR) is 103 cm³/mol. The summed E-state index contributed by atoms with van der Waals surface area (Å²) in [5, 5.41) is 0. The molecule has 1 heterocycles. The number of nitrogens with zero attached hydrogens (tertiary/aromatic N) is 1. The first-order valence-corrected chi connectivity index (χ1v) is 9.48. The molecule has 3 rings (SSSR count). The molecule has 0 N–H and O–H groups in total. The number of benzene rings is 1. The number of ether oxygens (including phenoxy) is 2. The van der Waals surface area contributed by atoms with E-state index in [0.717, 1.165) is 49.0 Å². The van der Waals surface area contributed by atoms with Gasteiger partial charge < -0.3 is 9.47 Å². The number of aromatic nitrogens is 1. The SMILES string of the molecule is CCOC(=O)c1cc2c(nc1C)C(COc1ccc(C=O)cc1)CCCC2. The van der Waals surface area contributed by atoms with Crippen molar-refractivity contribution in [2.75, 3.05) is 13.2 Å². The number of fused-ring (bicyclic) bond motifs is 1. The van der Waals surface area contributed by atoms with Crippen LogP contribution in [0.15, 0.2) is 30.3 Å². The van der Waals surface area contributed by atoms with Crippen molar-refractivity contribution in [3.05, 3.63) is 58.4 Å². The fourth-order valence-electron chi connectivity index (χ4n) is 3.48. The predicted octanol–water partition coefficient (Wildman–Crippen LogP) is 4.27. The molecule has 5 nitrogen and oxygen atoms in total. The second-order valence-corrected chi connectivity index (χ2v) is 6.83. The van der Waals surface area contributed by atoms with E-state index in [1.807, 2.05) is 25.1 Å². The van der Waals surface area contributed by atoms with E-state index in [9.17, 15) is 9.59 Å². The third-order valence-corrected chi connectivity index (χ3v) is 4.92. The van der Waals surface area contributed by atoms with Crippen molar-refractivity contribution in [2.45, 2.75) is 45.4 Å². The smallest absolute Gasteiger partial charge is 0.339 e. The summed E-state index contributed by atoms with van der Waals surface area (Å²) >= 11 is 0. The third kappa shape index (κ3) is 4.54. The van der Waals surface area contributed by atoms with Crippen molar-refractivity contribution < 1.29 is 19.1 Å². The summed E-state index contributed by atoms with van der Waals surface area (Å²) in [5.41, 5.74) is 4.04. The average molecular weight is 367 g/mol. The van der Waals surface area contributed by atoms with E-state index >= 15 is 0 Å². The Bertz CT molecular complexity index is 814. The number of aldehydes is 1. The van der Waals surface area contributed by atoms with Crippen LogP contribution >= 0.6 is 0 Å². The molecule has 0 fully saturated rings. The molecule has 0 bridgehead atoms. The fourth-order valence-corrected chi connectivity index (χ4v) is 3.48. The topological polar surface area (TPSA) is 65.5 Å². The van der Waals surface area contributed by atoms with Crippen LogP contribution in [0.4, 0.5) is 0 Å². The minimum atomic E-state index is -0.308. The summed E-state index contributed by atoms with van der Waals surface area (Å²) in [7, 11) is 0. The highest BCUT2D eigenvalue weighted by atomic mass is 16.5. The lowest BCUT2D eigenvalue weighted by molar-refractivity contribution is 0.0524. The summed E-state index contributed by atoms with van der Waals surface area (Å²) in [5.74, 6) is 0.618. The van der Waals surface area contributed by atoms with E-state index in [-0.39, 0.29) is 11.9 Å². The molecule has 0 aliphatic heterocycles. The van der Waals surface area contributed by atoms with Crippen molar-refractivity contribution in [1.29, 1.82) is 0 Å². The zero-order valence-electron chi connectivity index (χ0n) is 15.9. The maximum absolute atomic E-state index is 12.2. The van der Waals surface area contributed by atoms with Gasteiger partial charge in [-0.2, -0.15) is 0 Å². The van der Waals surface area contributed by atoms with Crippen LogP contribution in [0.1, 0.15) is 69.8 Å². The molecule has 1 aliphatic carbocycles. The highest BCUT2D eigenvalue weighted by molar-refractivity contribution is 5.90. The van der Waals surface area contributed by atoms with Crippen LogP contribution in [0, 0.1) is 6.92 Å². The van der Waals surface area contributed by atoms with Gasteiger partial charge in [0.15, 0.2) is 0 Å². The Balaban J connectivity index is 1.80. The third-order valence-electron chi connectivity index (χ3n) is 4.92. The Kier molecular flexibility index (Phi) is 6.22. The summed E-state index contributed by atoms with van der Waals surface area (Å²) in [6.07, 6.45) is 4.91. The zero-order chi connectivity index (χ0) is 19.2. The van der Waals surface area contributed by atoms with Crippen LogP contribution in [0.3, 0.4) is 0 Å². The molecule has 1 aromatic carbocycles. The van der Waals surface area contributed by atoms with Gasteiger partial charge in [-0.05, 0) is 69.0 Å². The van der Waals surface area contributed by atoms with Gasteiger partial charge in [0.25, 0.3) is 0 Å². The van der Waals surface area contributed by atoms with E-state index in [4.69, 9.17) is 14.5 Å². The van der Waals surface area contributed by atoms with E-state index in [0.29, 0.717) is 30.0 Å². The summed E-state index contributed by atoms with van der Waals surface area (Å²) < 4.78 is 11.1. The van der Waals surface area contributed by atoms with Gasteiger partial charge in [0.05, 0.1) is 30.2 Å². The number of aryl methyl sites for hydroxylation is 2. The monoisotopic (exact) mass is 367 g/mol. The Labute approximate surface area is 159 Å². The normalized spacial score (nSPS) is 16.1. The molecule has 2 aromatic rings. The molecule has 0 spiro atoms. The maximum atomic E-state index is 12.2. The first kappa shape index (κ1) is 19.1. The van der Waals surface area contributed by atoms with Gasteiger partial charge >= 0.3 is 5.97 Å². The number of pyridine rings is 1. The number of carbonyl (C=O) groups excluding carboxylic acids is 2. The second-order valence-electron chi connectivity index (χ2n) is 6.83. The van der Waals surface area contributed by atoms with Gasteiger partial charge in [-0.25, -0.2) is 4.79 Å². The molecule has 0 saturated heterocycles. The van der Waals surface area contributed by atoms with Gasteiger partial charge in [0.2, 0.25) is 0 Å². The molecule has 1 atom stereocenters. The number of carbonyl (C=O) groups is 2. The molecule has 0 amide bonds. The molecule has 1 unspecified atom stereocenters. The summed E-state index contributed by atoms with van der Waals surface area (Å²) in [6, 6.07) is 9.06. The number of esters is 1. The van der Waals surface area contributed by atoms with Gasteiger partial charge in [-0.15, -0.1) is 0 Å². The Morgan fingerprint density at radius 1 is 1.26 bits per heavy atom. The summed E-state index contributed by atoms with van der Waals surface area (Å²) in [4.78, 5) is 27.7. The van der Waals surface area contributed by atoms with Crippen LogP contribution in [0.2, 0.25) is 0 Å². The average Bonchev–Trinajstić information content (AvgIpc) is 2.88. The van der Waals surface area contributed by atoms with Crippen LogP contribution < -0.4 is 4.74 Å². The van der Waals surface area contributed by atoms with Gasteiger partial charge in [-0.1, -0.05) is 6.42 Å². The molecular formula is C22H25NO4. The zero-order valence-corrected chi connectivity index (χ0v) is 15.9. The van der Waals surface area contributed by atoms with Crippen molar-refractivity contribution in [3.63, 3.8) is 0 Å². The van der Waals surface area contributed by atoms with Gasteiger partial charge in [0, 0.05) is 11.5 Å². The maximum Gasteiger partial charge on any atom is 0.339 e. The lowest BCUT2D eigenvalue weighted by atomic mass is 9.97. The quantitative estimate of drug-likeness (QED) is 0.433. The molecular weight excluding hydrogens is 342 g/mol. The largest absolute Gasteiger partial charge is 0.493 e. The van der Waals surface area contributed by atoms with Gasteiger partial charge in [-0.3, -0.25) is 9.78 Å². The van der Waals surface area contributed by atoms with Crippen molar-refractivity contribution >= 4 is 12.3 Å². The molecule has 142 valence electrons. The van der Waals surface area contributed by atoms with Crippen molar-refractivity contribution in [3.8, 4) is 5.75 Å². The molecule has 27 heavy (non-hydrogen) atoms. The molecule has 1 aliphatic rings. The summed E-state index contributed by atoms with van der Waals surface area (Å²) in [6.45, 7) is 4.54. The highest BCUT2D eigenvalue weighted by Gasteiger charge is 2.24. The number of hydrogen-bond donors (Lipinski definition) is 0. The van der Waals surface area contributed by atoms with Crippen LogP contribution in [0.5, 0.6) is 5.75 Å². The Morgan fingerprint density at radius 2 is 2.04 bits per heavy atom. The Hall–Kier alpha value is -2.69.